The lowest BCUT2D eigenvalue weighted by Gasteiger charge is -2.15. The van der Waals surface area contributed by atoms with Gasteiger partial charge in [0.15, 0.2) is 0 Å². The fourth-order valence-electron chi connectivity index (χ4n) is 0.987. The predicted molar refractivity (Wildman–Crippen MR) is 83.5 cm³/mol. The number of hydrogen-bond acceptors (Lipinski definition) is 6. The molecule has 0 amide bonds. The molecule has 120 valence electrons. The van der Waals surface area contributed by atoms with Crippen LogP contribution in [0.1, 0.15) is 25.1 Å². The summed E-state index contributed by atoms with van der Waals surface area (Å²) in [6.45, 7) is 4.66. The summed E-state index contributed by atoms with van der Waals surface area (Å²) in [6.07, 6.45) is 1.38. The van der Waals surface area contributed by atoms with E-state index in [4.69, 9.17) is 20.1 Å². The van der Waals surface area contributed by atoms with Crippen molar-refractivity contribution in [3.8, 4) is 5.75 Å². The number of ether oxygens (including phenoxy) is 1. The van der Waals surface area contributed by atoms with Gasteiger partial charge in [-0.05, 0) is 19.9 Å². The molecule has 1 aromatic heterocycles. The molecule has 0 saturated carbocycles. The van der Waals surface area contributed by atoms with Crippen molar-refractivity contribution in [3.05, 3.63) is 16.3 Å². The molecule has 0 aliphatic carbocycles. The smallest absolute Gasteiger partial charge is 0.261 e. The van der Waals surface area contributed by atoms with Gasteiger partial charge in [-0.2, -0.15) is 8.42 Å². The largest absolute Gasteiger partial charge is 0.493 e. The van der Waals surface area contributed by atoms with E-state index >= 15 is 0 Å². The minimum absolute atomic E-state index is 0. The van der Waals surface area contributed by atoms with Crippen molar-refractivity contribution in [3.63, 3.8) is 0 Å². The summed E-state index contributed by atoms with van der Waals surface area (Å²) in [7, 11) is -3.67. The molecule has 6 nitrogen and oxygen atoms in total. The lowest BCUT2D eigenvalue weighted by molar-refractivity contribution is 0.234. The van der Waals surface area contributed by atoms with Crippen LogP contribution in [0.25, 0.3) is 0 Å². The third-order valence-electron chi connectivity index (χ3n) is 1.78. The molecule has 4 N–H and O–H groups in total. The molecule has 9 heteroatoms. The van der Waals surface area contributed by atoms with E-state index in [1.54, 1.807) is 11.3 Å². The average Bonchev–Trinajstić information content (AvgIpc) is 2.63. The number of aliphatic hydroxyl groups is 1. The van der Waals surface area contributed by atoms with Gasteiger partial charge in [0.05, 0.1) is 12.9 Å². The molecule has 0 unspecified atom stereocenters. The molecule has 0 radical (unpaired) electrons. The van der Waals surface area contributed by atoms with Crippen molar-refractivity contribution in [2.45, 2.75) is 25.8 Å². The standard InChI is InChI=1S/C10H17NO2S.CH4O3S.ClH/c1-10(2,11)9-6-8(7-14-9)13-5-3-4-12;1-5(2,3)4;/h6-7,12H,3-5,11H2,1-2H3;1H3,(H,2,3,4);1H. The van der Waals surface area contributed by atoms with Crippen LogP contribution in [0, 0.1) is 0 Å². The van der Waals surface area contributed by atoms with Gasteiger partial charge in [-0.15, -0.1) is 23.7 Å². The summed E-state index contributed by atoms with van der Waals surface area (Å²) in [5, 5.41) is 10.5. The van der Waals surface area contributed by atoms with Crippen molar-refractivity contribution in [1.29, 1.82) is 0 Å². The molecule has 0 aromatic carbocycles. The predicted octanol–water partition coefficient (Wildman–Crippen LogP) is 1.63. The van der Waals surface area contributed by atoms with Crippen molar-refractivity contribution in [2.75, 3.05) is 19.5 Å². The SMILES string of the molecule is CC(C)(N)c1cc(OCCCO)cs1.CS(=O)(=O)O.Cl. The number of thiophene rings is 1. The van der Waals surface area contributed by atoms with Gasteiger partial charge >= 0.3 is 0 Å². The van der Waals surface area contributed by atoms with Gasteiger partial charge in [0.1, 0.15) is 5.75 Å². The number of aliphatic hydroxyl groups excluding tert-OH is 1. The lowest BCUT2D eigenvalue weighted by Crippen LogP contribution is -2.27. The molecule has 0 saturated heterocycles. The van der Waals surface area contributed by atoms with Crippen molar-refractivity contribution >= 4 is 33.9 Å². The molecule has 0 spiro atoms. The zero-order chi connectivity index (χ0) is 15.1. The Hall–Kier alpha value is -0.380. The molecule has 0 aliphatic rings. The Labute approximate surface area is 130 Å². The van der Waals surface area contributed by atoms with Crippen LogP contribution in [0.15, 0.2) is 11.4 Å². The first-order valence-corrected chi connectivity index (χ1v) is 8.31. The van der Waals surface area contributed by atoms with Crippen LogP contribution in [-0.2, 0) is 15.7 Å². The second-order valence-electron chi connectivity index (χ2n) is 4.53. The maximum Gasteiger partial charge on any atom is 0.261 e. The quantitative estimate of drug-likeness (QED) is 0.551. The van der Waals surface area contributed by atoms with E-state index in [1.807, 2.05) is 25.3 Å². The maximum absolute atomic E-state index is 9.19. The fourth-order valence-corrected chi connectivity index (χ4v) is 1.85. The van der Waals surface area contributed by atoms with Crippen LogP contribution in [0.5, 0.6) is 5.75 Å². The monoisotopic (exact) mass is 347 g/mol. The molecule has 0 bridgehead atoms. The Bertz CT molecular complexity index is 459. The van der Waals surface area contributed by atoms with E-state index in [0.29, 0.717) is 19.3 Å². The Morgan fingerprint density at radius 1 is 1.45 bits per heavy atom. The van der Waals surface area contributed by atoms with Crippen LogP contribution in [-0.4, -0.2) is 37.5 Å². The third-order valence-corrected chi connectivity index (χ3v) is 3.03. The summed E-state index contributed by atoms with van der Waals surface area (Å²) in [5.74, 6) is 0.844. The Morgan fingerprint density at radius 2 is 1.95 bits per heavy atom. The van der Waals surface area contributed by atoms with Crippen molar-refractivity contribution in [2.24, 2.45) is 5.73 Å². The first kappa shape index (κ1) is 21.9. The summed E-state index contributed by atoms with van der Waals surface area (Å²) < 4.78 is 31.3. The van der Waals surface area contributed by atoms with Gasteiger partial charge in [-0.1, -0.05) is 0 Å². The molecular weight excluding hydrogens is 326 g/mol. The first-order valence-electron chi connectivity index (χ1n) is 5.58. The minimum atomic E-state index is -3.67. The molecule has 20 heavy (non-hydrogen) atoms. The van der Waals surface area contributed by atoms with E-state index in [9.17, 15) is 8.42 Å². The third kappa shape index (κ3) is 12.6. The maximum atomic E-state index is 9.19. The Kier molecular flexibility index (Phi) is 10.4. The molecule has 1 rings (SSSR count). The number of hydrogen-bond donors (Lipinski definition) is 3. The molecule has 1 aromatic rings. The second-order valence-corrected chi connectivity index (χ2v) is 6.90. The topological polar surface area (TPSA) is 110 Å². The molecule has 1 heterocycles. The van der Waals surface area contributed by atoms with Gasteiger partial charge in [-0.25, -0.2) is 0 Å². The van der Waals surface area contributed by atoms with Gasteiger partial charge in [0, 0.05) is 28.8 Å². The molecule has 0 atom stereocenters. The first-order chi connectivity index (χ1) is 8.54. The summed E-state index contributed by atoms with van der Waals surface area (Å²) in [4.78, 5) is 1.11. The van der Waals surface area contributed by atoms with E-state index in [2.05, 4.69) is 0 Å². The van der Waals surface area contributed by atoms with E-state index < -0.39 is 10.1 Å². The second kappa shape index (κ2) is 9.54. The van der Waals surface area contributed by atoms with Crippen LogP contribution in [0.4, 0.5) is 0 Å². The zero-order valence-corrected chi connectivity index (χ0v) is 14.1. The van der Waals surface area contributed by atoms with E-state index in [0.717, 1.165) is 10.6 Å². The number of nitrogens with two attached hydrogens (primary N) is 1. The van der Waals surface area contributed by atoms with Crippen LogP contribution in [0.2, 0.25) is 0 Å². The summed E-state index contributed by atoms with van der Waals surface area (Å²) in [6, 6.07) is 1.96. The minimum Gasteiger partial charge on any atom is -0.493 e. The van der Waals surface area contributed by atoms with Crippen LogP contribution in [0.3, 0.4) is 0 Å². The van der Waals surface area contributed by atoms with Crippen LogP contribution < -0.4 is 10.5 Å². The highest BCUT2D eigenvalue weighted by molar-refractivity contribution is 7.85. The fraction of sp³-hybridized carbons (Fsp3) is 0.636. The highest BCUT2D eigenvalue weighted by Crippen LogP contribution is 2.28. The van der Waals surface area contributed by atoms with E-state index in [-0.39, 0.29) is 24.6 Å². The van der Waals surface area contributed by atoms with Gasteiger partial charge < -0.3 is 15.6 Å². The lowest BCUT2D eigenvalue weighted by atomic mass is 10.1. The van der Waals surface area contributed by atoms with Crippen LogP contribution >= 0.6 is 23.7 Å². The highest BCUT2D eigenvalue weighted by Gasteiger charge is 2.16. The normalized spacial score (nSPS) is 11.1. The summed E-state index contributed by atoms with van der Waals surface area (Å²) in [5.41, 5.74) is 5.64. The summed E-state index contributed by atoms with van der Waals surface area (Å²) >= 11 is 1.60. The highest BCUT2D eigenvalue weighted by atomic mass is 35.5. The zero-order valence-electron chi connectivity index (χ0n) is 11.7. The number of halogens is 1. The molecular formula is C11H22ClNO5S2. The van der Waals surface area contributed by atoms with Gasteiger partial charge in [-0.3, -0.25) is 4.55 Å². The molecule has 0 fully saturated rings. The molecule has 0 aliphatic heterocycles. The van der Waals surface area contributed by atoms with E-state index in [1.165, 1.54) is 0 Å². The Balaban J connectivity index is 0. The van der Waals surface area contributed by atoms with Gasteiger partial charge in [0.25, 0.3) is 10.1 Å². The van der Waals surface area contributed by atoms with Crippen molar-refractivity contribution < 1.29 is 22.8 Å². The Morgan fingerprint density at radius 3 is 2.30 bits per heavy atom. The average molecular weight is 348 g/mol. The van der Waals surface area contributed by atoms with Gasteiger partial charge in [0.2, 0.25) is 0 Å². The van der Waals surface area contributed by atoms with Crippen molar-refractivity contribution in [1.82, 2.24) is 0 Å². The number of rotatable bonds is 5.